The van der Waals surface area contributed by atoms with Gasteiger partial charge in [0.25, 0.3) is 0 Å². The molecule has 0 unspecified atom stereocenters. The largest absolute Gasteiger partial charge is 0.573 e. The molecule has 0 saturated heterocycles. The van der Waals surface area contributed by atoms with Crippen molar-refractivity contribution in [2.75, 3.05) is 5.32 Å². The smallest absolute Gasteiger partial charge is 0.406 e. The summed E-state index contributed by atoms with van der Waals surface area (Å²) in [6, 6.07) is 15.6. The van der Waals surface area contributed by atoms with Crippen molar-refractivity contribution in [3.63, 3.8) is 0 Å². The topological polar surface area (TPSA) is 76.4 Å². The number of hydrazone groups is 1. The van der Waals surface area contributed by atoms with Crippen LogP contribution >= 0.6 is 12.2 Å². The van der Waals surface area contributed by atoms with E-state index in [1.807, 2.05) is 0 Å². The number of hydrogen-bond acceptors (Lipinski definition) is 5. The zero-order valence-electron chi connectivity index (χ0n) is 18.0. The van der Waals surface area contributed by atoms with E-state index >= 15 is 0 Å². The Bertz CT molecular complexity index is 1370. The van der Waals surface area contributed by atoms with Crippen molar-refractivity contribution in [2.24, 2.45) is 5.10 Å². The van der Waals surface area contributed by atoms with Gasteiger partial charge in [-0.15, -0.1) is 18.3 Å². The summed E-state index contributed by atoms with van der Waals surface area (Å²) in [4.78, 5) is 4.22. The van der Waals surface area contributed by atoms with Gasteiger partial charge in [0, 0.05) is 5.56 Å². The van der Waals surface area contributed by atoms with Gasteiger partial charge in [0.05, 0.1) is 11.9 Å². The van der Waals surface area contributed by atoms with Crippen LogP contribution in [0, 0.1) is 11.6 Å². The lowest BCUT2D eigenvalue weighted by Gasteiger charge is -2.09. The lowest BCUT2D eigenvalue weighted by Crippen LogP contribution is -2.25. The van der Waals surface area contributed by atoms with Gasteiger partial charge in [-0.25, -0.2) is 18.4 Å². The molecule has 13 heteroatoms. The van der Waals surface area contributed by atoms with E-state index in [0.29, 0.717) is 22.6 Å². The molecule has 184 valence electrons. The van der Waals surface area contributed by atoms with Crippen LogP contribution in [0.4, 0.5) is 27.6 Å². The predicted octanol–water partition coefficient (Wildman–Crippen LogP) is 5.43. The number of hydrogen-bond donors (Lipinski definition) is 2. The zero-order chi connectivity index (χ0) is 25.7. The van der Waals surface area contributed by atoms with Gasteiger partial charge in [-0.05, 0) is 54.2 Å². The van der Waals surface area contributed by atoms with Gasteiger partial charge in [0.1, 0.15) is 29.4 Å². The quantitative estimate of drug-likeness (QED) is 0.153. The molecule has 2 N–H and O–H groups in total. The van der Waals surface area contributed by atoms with Crippen molar-refractivity contribution < 1.29 is 26.7 Å². The number of halogens is 5. The Morgan fingerprint density at radius 2 is 1.64 bits per heavy atom. The average Bonchev–Trinajstić information content (AvgIpc) is 3.32. The van der Waals surface area contributed by atoms with Crippen molar-refractivity contribution >= 4 is 29.2 Å². The Labute approximate surface area is 206 Å². The number of rotatable bonds is 6. The van der Waals surface area contributed by atoms with Crippen molar-refractivity contribution in [3.05, 3.63) is 90.3 Å². The van der Waals surface area contributed by atoms with Gasteiger partial charge in [0.15, 0.2) is 10.9 Å². The van der Waals surface area contributed by atoms with Crippen molar-refractivity contribution in [1.82, 2.24) is 20.2 Å². The lowest BCUT2D eigenvalue weighted by atomic mass is 10.1. The SMILES string of the molecule is Fc1cccc(F)c1NC(=S)N/N=C/c1ccc(-c2ncn(-c3ccc(OC(F)(F)F)cc3)n2)cc1. The van der Waals surface area contributed by atoms with Crippen LogP contribution in [0.15, 0.2) is 78.2 Å². The van der Waals surface area contributed by atoms with Crippen molar-refractivity contribution in [2.45, 2.75) is 6.36 Å². The number of ether oxygens (including phenoxy) is 1. The predicted molar refractivity (Wildman–Crippen MR) is 127 cm³/mol. The van der Waals surface area contributed by atoms with E-state index in [1.165, 1.54) is 47.6 Å². The zero-order valence-corrected chi connectivity index (χ0v) is 18.8. The monoisotopic (exact) mass is 518 g/mol. The summed E-state index contributed by atoms with van der Waals surface area (Å²) < 4.78 is 69.5. The summed E-state index contributed by atoms with van der Waals surface area (Å²) in [7, 11) is 0. The van der Waals surface area contributed by atoms with E-state index in [9.17, 15) is 22.0 Å². The third-order valence-electron chi connectivity index (χ3n) is 4.58. The summed E-state index contributed by atoms with van der Waals surface area (Å²) in [6.45, 7) is 0. The Balaban J connectivity index is 1.36. The first-order valence-electron chi connectivity index (χ1n) is 10.1. The Hall–Kier alpha value is -4.39. The normalized spacial score (nSPS) is 11.5. The molecular weight excluding hydrogens is 503 g/mol. The van der Waals surface area contributed by atoms with E-state index in [-0.39, 0.29) is 16.5 Å². The van der Waals surface area contributed by atoms with Crippen LogP contribution in [0.2, 0.25) is 0 Å². The molecule has 7 nitrogen and oxygen atoms in total. The summed E-state index contributed by atoms with van der Waals surface area (Å²) >= 11 is 4.98. The third-order valence-corrected chi connectivity index (χ3v) is 4.77. The van der Waals surface area contributed by atoms with Crippen LogP contribution in [0.1, 0.15) is 5.56 Å². The maximum absolute atomic E-state index is 13.7. The molecule has 0 bridgehead atoms. The molecule has 4 rings (SSSR count). The lowest BCUT2D eigenvalue weighted by molar-refractivity contribution is -0.274. The number of thiocarbonyl (C=S) groups is 1. The molecule has 0 fully saturated rings. The fourth-order valence-electron chi connectivity index (χ4n) is 2.96. The molecule has 0 spiro atoms. The standard InChI is InChI=1S/C23H15F5N6OS/c24-18-2-1-3-19(25)20(18)31-22(36)32-30-12-14-4-6-15(7-5-14)21-29-13-34(33-21)16-8-10-17(11-9-16)35-23(26,27)28/h1-13H,(H2,31,32,36)/b30-12+. The highest BCUT2D eigenvalue weighted by atomic mass is 32.1. The second-order valence-corrected chi connectivity index (χ2v) is 7.51. The first-order valence-corrected chi connectivity index (χ1v) is 10.5. The van der Waals surface area contributed by atoms with Gasteiger partial charge in [0.2, 0.25) is 0 Å². The number of aromatic nitrogens is 3. The van der Waals surface area contributed by atoms with Gasteiger partial charge in [-0.3, -0.25) is 5.43 Å². The van der Waals surface area contributed by atoms with Crippen LogP contribution in [-0.4, -0.2) is 32.5 Å². The first kappa shape index (κ1) is 24.7. The number of nitrogens with one attached hydrogen (secondary N) is 2. The van der Waals surface area contributed by atoms with Crippen LogP contribution in [0.3, 0.4) is 0 Å². The molecule has 3 aromatic carbocycles. The summed E-state index contributed by atoms with van der Waals surface area (Å²) in [5.74, 6) is -1.52. The minimum absolute atomic E-state index is 0.0976. The second-order valence-electron chi connectivity index (χ2n) is 7.10. The highest BCUT2D eigenvalue weighted by Gasteiger charge is 2.31. The van der Waals surface area contributed by atoms with E-state index in [0.717, 1.165) is 12.1 Å². The Morgan fingerprint density at radius 1 is 0.972 bits per heavy atom. The third kappa shape index (κ3) is 6.39. The molecule has 0 aliphatic heterocycles. The van der Waals surface area contributed by atoms with Crippen molar-refractivity contribution in [3.8, 4) is 22.8 Å². The maximum Gasteiger partial charge on any atom is 0.573 e. The molecule has 1 heterocycles. The summed E-state index contributed by atoms with van der Waals surface area (Å²) in [5.41, 5.74) is 3.96. The van der Waals surface area contributed by atoms with E-state index in [1.54, 1.807) is 24.3 Å². The molecule has 4 aromatic rings. The second kappa shape index (κ2) is 10.5. The Kier molecular flexibility index (Phi) is 7.20. The van der Waals surface area contributed by atoms with Crippen LogP contribution in [0.5, 0.6) is 5.75 Å². The number of benzene rings is 3. The molecule has 0 amide bonds. The first-order chi connectivity index (χ1) is 17.2. The van der Waals surface area contributed by atoms with Gasteiger partial charge < -0.3 is 10.1 Å². The van der Waals surface area contributed by atoms with E-state index in [4.69, 9.17) is 12.2 Å². The summed E-state index contributed by atoms with van der Waals surface area (Å²) in [6.07, 6.45) is -1.88. The molecule has 36 heavy (non-hydrogen) atoms. The highest BCUT2D eigenvalue weighted by molar-refractivity contribution is 7.80. The minimum Gasteiger partial charge on any atom is -0.406 e. The molecule has 0 radical (unpaired) electrons. The number of para-hydroxylation sites is 1. The molecular formula is C23H15F5N6OS. The van der Waals surface area contributed by atoms with Gasteiger partial charge >= 0.3 is 6.36 Å². The highest BCUT2D eigenvalue weighted by Crippen LogP contribution is 2.24. The number of nitrogens with zero attached hydrogens (tertiary/aromatic N) is 4. The van der Waals surface area contributed by atoms with Crippen LogP contribution in [0.25, 0.3) is 17.1 Å². The van der Waals surface area contributed by atoms with Crippen molar-refractivity contribution in [1.29, 1.82) is 0 Å². The fraction of sp³-hybridized carbons (Fsp3) is 0.0435. The van der Waals surface area contributed by atoms with Crippen LogP contribution in [-0.2, 0) is 0 Å². The molecule has 0 aliphatic carbocycles. The van der Waals surface area contributed by atoms with Gasteiger partial charge in [-0.1, -0.05) is 30.3 Å². The molecule has 1 aromatic heterocycles. The van der Waals surface area contributed by atoms with Crippen LogP contribution < -0.4 is 15.5 Å². The fourth-order valence-corrected chi connectivity index (χ4v) is 3.12. The van der Waals surface area contributed by atoms with E-state index < -0.39 is 18.0 Å². The van der Waals surface area contributed by atoms with E-state index in [2.05, 4.69) is 30.7 Å². The Morgan fingerprint density at radius 3 is 2.28 bits per heavy atom. The van der Waals surface area contributed by atoms with Gasteiger partial charge in [-0.2, -0.15) is 5.10 Å². The molecule has 0 saturated carbocycles. The maximum atomic E-state index is 13.7. The summed E-state index contributed by atoms with van der Waals surface area (Å²) in [5, 5.41) is 10.6. The number of anilines is 1. The molecule has 0 atom stereocenters. The average molecular weight is 518 g/mol. The minimum atomic E-state index is -4.77. The number of alkyl halides is 3. The molecule has 0 aliphatic rings.